The maximum atomic E-state index is 12.0. The van der Waals surface area contributed by atoms with E-state index < -0.39 is 5.54 Å². The minimum Gasteiger partial charge on any atom is -0.391 e. The van der Waals surface area contributed by atoms with Gasteiger partial charge in [-0.15, -0.1) is 0 Å². The number of aromatic nitrogens is 1. The minimum absolute atomic E-state index is 0.213. The fourth-order valence-electron chi connectivity index (χ4n) is 1.25. The van der Waals surface area contributed by atoms with Crippen LogP contribution in [0.15, 0.2) is 18.3 Å². The first-order valence-corrected chi connectivity index (χ1v) is 5.85. The third-order valence-corrected chi connectivity index (χ3v) is 3.26. The number of nitrogens with zero attached hydrogens (tertiary/aromatic N) is 1. The minimum atomic E-state index is -0.655. The number of hydrogen-bond donors (Lipinski definition) is 2. The van der Waals surface area contributed by atoms with E-state index in [2.05, 4.69) is 10.3 Å². The Balaban J connectivity index is 2.85. The van der Waals surface area contributed by atoms with E-state index in [1.165, 1.54) is 0 Å². The third kappa shape index (κ3) is 3.23. The molecule has 1 rings (SSSR count). The summed E-state index contributed by atoms with van der Waals surface area (Å²) in [4.78, 5) is 16.3. The average Bonchev–Trinajstić information content (AvgIpc) is 2.29. The Kier molecular flexibility index (Phi) is 4.17. The van der Waals surface area contributed by atoms with Crippen LogP contribution in [0.2, 0.25) is 0 Å². The van der Waals surface area contributed by atoms with E-state index in [-0.39, 0.29) is 10.9 Å². The molecule has 1 heterocycles. The van der Waals surface area contributed by atoms with Gasteiger partial charge in [-0.2, -0.15) is 0 Å². The van der Waals surface area contributed by atoms with Crippen LogP contribution in [0, 0.1) is 6.92 Å². The maximum Gasteiger partial charge on any atom is 0.253 e. The Morgan fingerprint density at radius 1 is 1.59 bits per heavy atom. The molecule has 0 fully saturated rings. The van der Waals surface area contributed by atoms with Crippen molar-refractivity contribution in [2.45, 2.75) is 32.7 Å². The maximum absolute atomic E-state index is 12.0. The molecule has 17 heavy (non-hydrogen) atoms. The predicted molar refractivity (Wildman–Crippen MR) is 71.9 cm³/mol. The van der Waals surface area contributed by atoms with Gasteiger partial charge in [0.15, 0.2) is 0 Å². The van der Waals surface area contributed by atoms with E-state index in [1.807, 2.05) is 20.8 Å². The lowest BCUT2D eigenvalue weighted by atomic mass is 9.98. The molecule has 92 valence electrons. The quantitative estimate of drug-likeness (QED) is 0.797. The second-order valence-corrected chi connectivity index (χ2v) is 4.63. The molecule has 1 unspecified atom stereocenters. The van der Waals surface area contributed by atoms with Crippen molar-refractivity contribution in [3.05, 3.63) is 29.6 Å². The average molecular weight is 251 g/mol. The Morgan fingerprint density at radius 2 is 2.24 bits per heavy atom. The SMILES string of the molecule is CCC(C)(NC(=O)c1ccc(C)nc1)C(N)=S. The molecule has 0 aliphatic rings. The summed E-state index contributed by atoms with van der Waals surface area (Å²) in [6, 6.07) is 3.52. The van der Waals surface area contributed by atoms with Crippen molar-refractivity contribution >= 4 is 23.1 Å². The van der Waals surface area contributed by atoms with Gasteiger partial charge in [-0.3, -0.25) is 9.78 Å². The zero-order chi connectivity index (χ0) is 13.1. The van der Waals surface area contributed by atoms with Crippen molar-refractivity contribution in [1.82, 2.24) is 10.3 Å². The van der Waals surface area contributed by atoms with Crippen LogP contribution in [0.3, 0.4) is 0 Å². The van der Waals surface area contributed by atoms with E-state index in [4.69, 9.17) is 18.0 Å². The number of carbonyl (C=O) groups excluding carboxylic acids is 1. The largest absolute Gasteiger partial charge is 0.391 e. The first-order valence-electron chi connectivity index (χ1n) is 5.44. The summed E-state index contributed by atoms with van der Waals surface area (Å²) < 4.78 is 0. The van der Waals surface area contributed by atoms with Gasteiger partial charge in [0.1, 0.15) is 0 Å². The van der Waals surface area contributed by atoms with E-state index in [9.17, 15) is 4.79 Å². The smallest absolute Gasteiger partial charge is 0.253 e. The van der Waals surface area contributed by atoms with Gasteiger partial charge in [-0.1, -0.05) is 19.1 Å². The Hall–Kier alpha value is -1.49. The molecule has 5 heteroatoms. The number of rotatable bonds is 4. The summed E-state index contributed by atoms with van der Waals surface area (Å²) in [5.74, 6) is -0.213. The van der Waals surface area contributed by atoms with E-state index in [0.29, 0.717) is 12.0 Å². The molecule has 0 saturated carbocycles. The first kappa shape index (κ1) is 13.6. The highest BCUT2D eigenvalue weighted by molar-refractivity contribution is 7.80. The molecule has 0 bridgehead atoms. The predicted octanol–water partition coefficient (Wildman–Crippen LogP) is 1.57. The highest BCUT2D eigenvalue weighted by Gasteiger charge is 2.27. The van der Waals surface area contributed by atoms with Gasteiger partial charge in [0, 0.05) is 11.9 Å². The molecular weight excluding hydrogens is 234 g/mol. The molecule has 0 aromatic carbocycles. The Bertz CT molecular complexity index is 430. The number of carbonyl (C=O) groups is 1. The molecule has 0 aliphatic carbocycles. The standard InChI is InChI=1S/C12H17N3OS/c1-4-12(3,11(13)17)15-10(16)9-6-5-8(2)14-7-9/h5-7H,4H2,1-3H3,(H2,13,17)(H,15,16). The van der Waals surface area contributed by atoms with E-state index in [0.717, 1.165) is 5.69 Å². The summed E-state index contributed by atoms with van der Waals surface area (Å²) in [5, 5.41) is 2.83. The highest BCUT2D eigenvalue weighted by Crippen LogP contribution is 2.11. The van der Waals surface area contributed by atoms with Gasteiger partial charge in [-0.25, -0.2) is 0 Å². The Labute approximate surface area is 107 Å². The van der Waals surface area contributed by atoms with Gasteiger partial charge in [0.2, 0.25) is 0 Å². The van der Waals surface area contributed by atoms with Crippen LogP contribution in [0.1, 0.15) is 36.3 Å². The zero-order valence-electron chi connectivity index (χ0n) is 10.3. The van der Waals surface area contributed by atoms with Crippen LogP contribution in [-0.4, -0.2) is 21.4 Å². The Morgan fingerprint density at radius 3 is 2.65 bits per heavy atom. The molecule has 1 atom stereocenters. The zero-order valence-corrected chi connectivity index (χ0v) is 11.1. The van der Waals surface area contributed by atoms with Crippen molar-refractivity contribution in [1.29, 1.82) is 0 Å². The summed E-state index contributed by atoms with van der Waals surface area (Å²) in [5.41, 5.74) is 6.35. The molecule has 1 aromatic rings. The summed E-state index contributed by atoms with van der Waals surface area (Å²) in [6.07, 6.45) is 2.19. The van der Waals surface area contributed by atoms with Crippen LogP contribution in [0.5, 0.6) is 0 Å². The van der Waals surface area contributed by atoms with Gasteiger partial charge in [0.05, 0.1) is 16.1 Å². The second-order valence-electron chi connectivity index (χ2n) is 4.19. The van der Waals surface area contributed by atoms with E-state index in [1.54, 1.807) is 18.3 Å². The van der Waals surface area contributed by atoms with Crippen molar-refractivity contribution in [3.8, 4) is 0 Å². The van der Waals surface area contributed by atoms with Crippen LogP contribution in [0.4, 0.5) is 0 Å². The van der Waals surface area contributed by atoms with Crippen molar-refractivity contribution in [2.24, 2.45) is 5.73 Å². The third-order valence-electron chi connectivity index (χ3n) is 2.81. The molecule has 1 aromatic heterocycles. The lowest BCUT2D eigenvalue weighted by molar-refractivity contribution is 0.0926. The van der Waals surface area contributed by atoms with Crippen LogP contribution in [0.25, 0.3) is 0 Å². The number of amides is 1. The van der Waals surface area contributed by atoms with Gasteiger partial charge >= 0.3 is 0 Å². The molecule has 0 spiro atoms. The summed E-state index contributed by atoms with van der Waals surface area (Å²) >= 11 is 4.97. The van der Waals surface area contributed by atoms with Gasteiger partial charge < -0.3 is 11.1 Å². The molecule has 0 radical (unpaired) electrons. The van der Waals surface area contributed by atoms with Crippen LogP contribution in [-0.2, 0) is 0 Å². The summed E-state index contributed by atoms with van der Waals surface area (Å²) in [7, 11) is 0. The lowest BCUT2D eigenvalue weighted by Crippen LogP contribution is -2.54. The van der Waals surface area contributed by atoms with Crippen molar-refractivity contribution in [2.75, 3.05) is 0 Å². The van der Waals surface area contributed by atoms with Crippen LogP contribution >= 0.6 is 12.2 Å². The number of nitrogens with one attached hydrogen (secondary N) is 1. The molecule has 0 saturated heterocycles. The topological polar surface area (TPSA) is 68.0 Å². The molecule has 3 N–H and O–H groups in total. The van der Waals surface area contributed by atoms with Crippen molar-refractivity contribution in [3.63, 3.8) is 0 Å². The number of pyridine rings is 1. The van der Waals surface area contributed by atoms with E-state index >= 15 is 0 Å². The van der Waals surface area contributed by atoms with Crippen LogP contribution < -0.4 is 11.1 Å². The molecular formula is C12H17N3OS. The lowest BCUT2D eigenvalue weighted by Gasteiger charge is -2.28. The fraction of sp³-hybridized carbons (Fsp3) is 0.417. The summed E-state index contributed by atoms with van der Waals surface area (Å²) in [6.45, 7) is 5.61. The monoisotopic (exact) mass is 251 g/mol. The fourth-order valence-corrected chi connectivity index (χ4v) is 1.44. The first-order chi connectivity index (χ1) is 7.89. The number of nitrogens with two attached hydrogens (primary N) is 1. The normalized spacial score (nSPS) is 13.8. The van der Waals surface area contributed by atoms with Gasteiger partial charge in [0.25, 0.3) is 5.91 Å². The van der Waals surface area contributed by atoms with Crippen molar-refractivity contribution < 1.29 is 4.79 Å². The number of thiocarbonyl (C=S) groups is 1. The molecule has 4 nitrogen and oxygen atoms in total. The number of hydrogen-bond acceptors (Lipinski definition) is 3. The highest BCUT2D eigenvalue weighted by atomic mass is 32.1. The number of aryl methyl sites for hydroxylation is 1. The molecule has 0 aliphatic heterocycles. The molecule has 1 amide bonds. The van der Waals surface area contributed by atoms with Gasteiger partial charge in [-0.05, 0) is 32.4 Å². The second kappa shape index (κ2) is 5.23.